The molecule has 0 aliphatic rings. The molecule has 0 bridgehead atoms. The summed E-state index contributed by atoms with van der Waals surface area (Å²) in [6.45, 7) is 4.03. The number of hydrogen-bond acceptors (Lipinski definition) is 4. The lowest BCUT2D eigenvalue weighted by Crippen LogP contribution is -2.27. The summed E-state index contributed by atoms with van der Waals surface area (Å²) in [4.78, 5) is 23.9. The smallest absolute Gasteiger partial charge is 0.380 e. The van der Waals surface area contributed by atoms with Crippen LogP contribution in [0.5, 0.6) is 5.75 Å². The Bertz CT molecular complexity index is 457. The van der Waals surface area contributed by atoms with Crippen LogP contribution in [0.25, 0.3) is 0 Å². The Kier molecular flexibility index (Phi) is 6.77. The molecule has 110 valence electrons. The van der Waals surface area contributed by atoms with E-state index in [1.165, 1.54) is 6.07 Å². The summed E-state index contributed by atoms with van der Waals surface area (Å²) >= 11 is 0. The molecule has 0 heterocycles. The zero-order valence-corrected chi connectivity index (χ0v) is 12.2. The van der Waals surface area contributed by atoms with Gasteiger partial charge in [-0.3, -0.25) is 4.79 Å². The molecular weight excluding hydrogens is 254 g/mol. The molecule has 0 spiro atoms. The molecule has 0 aliphatic heterocycles. The lowest BCUT2D eigenvalue weighted by atomic mass is 9.94. The van der Waals surface area contributed by atoms with Crippen molar-refractivity contribution in [2.24, 2.45) is 5.92 Å². The highest BCUT2D eigenvalue weighted by Gasteiger charge is 2.25. The first kappa shape index (κ1) is 16.2. The van der Waals surface area contributed by atoms with Gasteiger partial charge in [0.1, 0.15) is 5.75 Å². The third-order valence-electron chi connectivity index (χ3n) is 3.29. The van der Waals surface area contributed by atoms with Gasteiger partial charge in [0.15, 0.2) is 0 Å². The lowest BCUT2D eigenvalue weighted by Gasteiger charge is -2.12. The fourth-order valence-corrected chi connectivity index (χ4v) is 2.06. The topological polar surface area (TPSA) is 69.4 Å². The van der Waals surface area contributed by atoms with Crippen molar-refractivity contribution < 1.29 is 14.3 Å². The number of nitrogen functional groups attached to an aromatic ring is 1. The fourth-order valence-electron chi connectivity index (χ4n) is 2.06. The molecule has 1 aromatic rings. The third-order valence-corrected chi connectivity index (χ3v) is 3.29. The molecule has 2 N–H and O–H groups in total. The summed E-state index contributed by atoms with van der Waals surface area (Å²) in [6.07, 6.45) is 4.54. The summed E-state index contributed by atoms with van der Waals surface area (Å²) in [5, 5.41) is 0. The van der Waals surface area contributed by atoms with Crippen LogP contribution in [0, 0.1) is 5.92 Å². The molecule has 0 saturated carbocycles. The Hall–Kier alpha value is -1.84. The Morgan fingerprint density at radius 2 is 2.00 bits per heavy atom. The number of nitrogens with two attached hydrogens (primary N) is 1. The van der Waals surface area contributed by atoms with Crippen LogP contribution >= 0.6 is 0 Å². The molecule has 0 aliphatic carbocycles. The molecule has 0 saturated heterocycles. The second-order valence-electron chi connectivity index (χ2n) is 4.93. The van der Waals surface area contributed by atoms with E-state index in [1.807, 2.05) is 6.92 Å². The minimum Gasteiger partial charge on any atom is -0.421 e. The number of Topliss-reactive ketones (excluding diaryl/α,β-unsaturated/α-hetero) is 1. The van der Waals surface area contributed by atoms with Crippen molar-refractivity contribution in [1.82, 2.24) is 0 Å². The molecule has 1 unspecified atom stereocenters. The first-order valence-electron chi connectivity index (χ1n) is 7.20. The maximum Gasteiger partial charge on any atom is 0.380 e. The summed E-state index contributed by atoms with van der Waals surface area (Å²) in [5.41, 5.74) is 6.10. The van der Waals surface area contributed by atoms with E-state index < -0.39 is 11.8 Å². The van der Waals surface area contributed by atoms with Gasteiger partial charge >= 0.3 is 5.97 Å². The van der Waals surface area contributed by atoms with Crippen LogP contribution in [0.3, 0.4) is 0 Å². The van der Waals surface area contributed by atoms with Gasteiger partial charge in [-0.1, -0.05) is 39.2 Å². The van der Waals surface area contributed by atoms with Crippen molar-refractivity contribution >= 4 is 17.4 Å². The van der Waals surface area contributed by atoms with E-state index in [0.29, 0.717) is 17.9 Å². The van der Waals surface area contributed by atoms with E-state index in [2.05, 4.69) is 6.92 Å². The van der Waals surface area contributed by atoms with Crippen LogP contribution in [0.15, 0.2) is 24.3 Å². The number of carbonyl (C=O) groups is 2. The summed E-state index contributed by atoms with van der Waals surface area (Å²) in [7, 11) is 0. The number of carbonyl (C=O) groups excluding carboxylic acids is 2. The summed E-state index contributed by atoms with van der Waals surface area (Å²) in [6, 6.07) is 6.52. The molecule has 1 aromatic carbocycles. The zero-order chi connectivity index (χ0) is 15.0. The van der Waals surface area contributed by atoms with Crippen LogP contribution in [-0.2, 0) is 9.59 Å². The molecule has 1 rings (SSSR count). The van der Waals surface area contributed by atoms with Crippen LogP contribution in [-0.4, -0.2) is 11.8 Å². The maximum atomic E-state index is 12.1. The van der Waals surface area contributed by atoms with Crippen molar-refractivity contribution in [1.29, 1.82) is 0 Å². The number of rotatable bonds is 8. The van der Waals surface area contributed by atoms with Crippen molar-refractivity contribution in [2.75, 3.05) is 5.73 Å². The number of esters is 1. The van der Waals surface area contributed by atoms with Crippen LogP contribution in [0.4, 0.5) is 5.69 Å². The predicted octanol–water partition coefficient (Wildman–Crippen LogP) is 3.35. The number of hydrogen-bond donors (Lipinski definition) is 1. The van der Waals surface area contributed by atoms with Crippen molar-refractivity contribution in [3.8, 4) is 5.75 Å². The monoisotopic (exact) mass is 277 g/mol. The third kappa shape index (κ3) is 5.03. The van der Waals surface area contributed by atoms with Crippen LogP contribution in [0.1, 0.15) is 46.0 Å². The van der Waals surface area contributed by atoms with E-state index in [9.17, 15) is 9.59 Å². The van der Waals surface area contributed by atoms with E-state index in [4.69, 9.17) is 10.5 Å². The molecule has 0 fully saturated rings. The highest BCUT2D eigenvalue weighted by molar-refractivity contribution is 6.35. The standard InChI is InChI=1S/C16H23NO3/c1-3-5-6-8-12(4-2)15(18)16(19)20-14-10-7-9-13(17)11-14/h7,9-12H,3-6,8,17H2,1-2H3. The number of benzene rings is 1. The number of ether oxygens (including phenoxy) is 1. The van der Waals surface area contributed by atoms with Gasteiger partial charge < -0.3 is 10.5 Å². The Morgan fingerprint density at radius 3 is 2.60 bits per heavy atom. The zero-order valence-electron chi connectivity index (χ0n) is 12.2. The number of ketones is 1. The van der Waals surface area contributed by atoms with Gasteiger partial charge in [-0.2, -0.15) is 0 Å². The van der Waals surface area contributed by atoms with Crippen molar-refractivity contribution in [2.45, 2.75) is 46.0 Å². The Morgan fingerprint density at radius 1 is 1.25 bits per heavy atom. The van der Waals surface area contributed by atoms with Crippen molar-refractivity contribution in [3.05, 3.63) is 24.3 Å². The summed E-state index contributed by atoms with van der Waals surface area (Å²) < 4.78 is 5.08. The molecule has 0 aromatic heterocycles. The molecule has 0 radical (unpaired) electrons. The lowest BCUT2D eigenvalue weighted by molar-refractivity contribution is -0.149. The van der Waals surface area contributed by atoms with Gasteiger partial charge in [-0.05, 0) is 25.0 Å². The number of anilines is 1. The van der Waals surface area contributed by atoms with Gasteiger partial charge in [0.05, 0.1) is 0 Å². The SMILES string of the molecule is CCCCCC(CC)C(=O)C(=O)Oc1cccc(N)c1. The Labute approximate surface area is 120 Å². The second kappa shape index (κ2) is 8.35. The molecular formula is C16H23NO3. The maximum absolute atomic E-state index is 12.1. The fraction of sp³-hybridized carbons (Fsp3) is 0.500. The number of unbranched alkanes of at least 4 members (excludes halogenated alkanes) is 2. The minimum absolute atomic E-state index is 0.241. The highest BCUT2D eigenvalue weighted by Crippen LogP contribution is 2.18. The minimum atomic E-state index is -0.793. The van der Waals surface area contributed by atoms with Crippen LogP contribution in [0.2, 0.25) is 0 Å². The van der Waals surface area contributed by atoms with Gasteiger partial charge in [0, 0.05) is 17.7 Å². The second-order valence-corrected chi connectivity index (χ2v) is 4.93. The largest absolute Gasteiger partial charge is 0.421 e. The highest BCUT2D eigenvalue weighted by atomic mass is 16.5. The molecule has 4 nitrogen and oxygen atoms in total. The van der Waals surface area contributed by atoms with Crippen molar-refractivity contribution in [3.63, 3.8) is 0 Å². The van der Waals surface area contributed by atoms with Crippen LogP contribution < -0.4 is 10.5 Å². The quantitative estimate of drug-likeness (QED) is 0.260. The summed E-state index contributed by atoms with van der Waals surface area (Å²) in [5.74, 6) is -1.16. The molecule has 0 amide bonds. The average molecular weight is 277 g/mol. The normalized spacial score (nSPS) is 11.9. The predicted molar refractivity (Wildman–Crippen MR) is 79.4 cm³/mol. The van der Waals surface area contributed by atoms with Gasteiger partial charge in [-0.15, -0.1) is 0 Å². The van der Waals surface area contributed by atoms with E-state index >= 15 is 0 Å². The van der Waals surface area contributed by atoms with E-state index in [1.54, 1.807) is 18.2 Å². The van der Waals surface area contributed by atoms with E-state index in [0.717, 1.165) is 25.7 Å². The first-order chi connectivity index (χ1) is 9.58. The van der Waals surface area contributed by atoms with Gasteiger partial charge in [0.2, 0.25) is 5.78 Å². The van der Waals surface area contributed by atoms with E-state index in [-0.39, 0.29) is 5.92 Å². The Balaban J connectivity index is 2.58. The first-order valence-corrected chi connectivity index (χ1v) is 7.20. The molecule has 4 heteroatoms. The molecule has 1 atom stereocenters. The van der Waals surface area contributed by atoms with Gasteiger partial charge in [0.25, 0.3) is 0 Å². The average Bonchev–Trinajstić information content (AvgIpc) is 2.43. The molecule has 20 heavy (non-hydrogen) atoms. The van der Waals surface area contributed by atoms with Gasteiger partial charge in [-0.25, -0.2) is 4.79 Å².